The molecule has 0 aliphatic carbocycles. The Bertz CT molecular complexity index is 1250. The van der Waals surface area contributed by atoms with Gasteiger partial charge in [0.1, 0.15) is 6.04 Å². The predicted octanol–water partition coefficient (Wildman–Crippen LogP) is 4.11. The quantitative estimate of drug-likeness (QED) is 0.527. The number of anilines is 3. The molecule has 1 unspecified atom stereocenters. The minimum Gasteiger partial charge on any atom is -0.490 e. The molecule has 1 aliphatic heterocycles. The number of benzene rings is 3. The van der Waals surface area contributed by atoms with Crippen LogP contribution in [0, 0.1) is 0 Å². The lowest BCUT2D eigenvalue weighted by Gasteiger charge is -2.23. The average Bonchev–Trinajstić information content (AvgIpc) is 3.09. The summed E-state index contributed by atoms with van der Waals surface area (Å²) in [6.07, 6.45) is 0.738. The third-order valence-corrected chi connectivity index (χ3v) is 6.77. The van der Waals surface area contributed by atoms with Gasteiger partial charge < -0.3 is 19.7 Å². The SMILES string of the molecule is CC(Nc1ccc(NS(=O)(=O)c2ccc3c(c2)OCCCO3)cc1)C(=O)N(C)c1ccccc1. The number of likely N-dealkylation sites (N-methyl/N-ethyl adjacent to an activating group) is 1. The number of nitrogens with one attached hydrogen (secondary N) is 2. The highest BCUT2D eigenvalue weighted by Gasteiger charge is 2.20. The lowest BCUT2D eigenvalue weighted by molar-refractivity contribution is -0.118. The van der Waals surface area contributed by atoms with E-state index in [0.29, 0.717) is 36.1 Å². The van der Waals surface area contributed by atoms with Crippen molar-refractivity contribution in [3.05, 3.63) is 72.8 Å². The number of fused-ring (bicyclic) bond motifs is 1. The van der Waals surface area contributed by atoms with Crippen LogP contribution in [0.25, 0.3) is 0 Å². The lowest BCUT2D eigenvalue weighted by atomic mass is 10.2. The van der Waals surface area contributed by atoms with Crippen LogP contribution in [0.1, 0.15) is 13.3 Å². The third kappa shape index (κ3) is 5.43. The van der Waals surface area contributed by atoms with E-state index in [9.17, 15) is 13.2 Å². The standard InChI is InChI=1S/C25H27N3O5S/c1-18(25(29)28(2)21-7-4-3-5-8-21)26-19-9-11-20(12-10-19)27-34(30,31)22-13-14-23-24(17-22)33-16-6-15-32-23/h3-5,7-14,17-18,26-27H,6,15-16H2,1-2H3. The van der Waals surface area contributed by atoms with Crippen LogP contribution >= 0.6 is 0 Å². The number of hydrogen-bond donors (Lipinski definition) is 2. The van der Waals surface area contributed by atoms with Crippen LogP contribution in [0.4, 0.5) is 17.1 Å². The molecule has 0 fully saturated rings. The van der Waals surface area contributed by atoms with Gasteiger partial charge in [-0.25, -0.2) is 8.42 Å². The minimum absolute atomic E-state index is 0.0853. The molecule has 0 saturated heterocycles. The van der Waals surface area contributed by atoms with Crippen molar-refractivity contribution in [2.45, 2.75) is 24.3 Å². The Morgan fingerprint density at radius 2 is 1.56 bits per heavy atom. The Balaban J connectivity index is 1.40. The lowest BCUT2D eigenvalue weighted by Crippen LogP contribution is -2.39. The van der Waals surface area contributed by atoms with Gasteiger partial charge in [0.25, 0.3) is 10.0 Å². The number of amides is 1. The molecule has 1 heterocycles. The number of ether oxygens (including phenoxy) is 2. The van der Waals surface area contributed by atoms with Gasteiger partial charge in [-0.3, -0.25) is 9.52 Å². The minimum atomic E-state index is -3.82. The zero-order valence-electron chi connectivity index (χ0n) is 19.0. The maximum absolute atomic E-state index is 12.9. The van der Waals surface area contributed by atoms with Crippen LogP contribution in [0.5, 0.6) is 11.5 Å². The van der Waals surface area contributed by atoms with E-state index in [0.717, 1.165) is 12.1 Å². The normalized spacial score (nSPS) is 13.9. The maximum atomic E-state index is 12.9. The molecule has 4 rings (SSSR count). The second-order valence-electron chi connectivity index (χ2n) is 7.94. The fourth-order valence-corrected chi connectivity index (χ4v) is 4.61. The summed E-state index contributed by atoms with van der Waals surface area (Å²) < 4.78 is 39.5. The summed E-state index contributed by atoms with van der Waals surface area (Å²) in [6.45, 7) is 2.79. The van der Waals surface area contributed by atoms with Gasteiger partial charge in [-0.1, -0.05) is 18.2 Å². The summed E-state index contributed by atoms with van der Waals surface area (Å²) in [6, 6.07) is 20.2. The number of para-hydroxylation sites is 1. The first-order chi connectivity index (χ1) is 16.3. The van der Waals surface area contributed by atoms with Gasteiger partial charge in [-0.05, 0) is 55.5 Å². The molecule has 178 valence electrons. The van der Waals surface area contributed by atoms with Crippen molar-refractivity contribution in [3.63, 3.8) is 0 Å². The molecule has 1 amide bonds. The molecule has 0 spiro atoms. The van der Waals surface area contributed by atoms with Crippen LogP contribution in [-0.2, 0) is 14.8 Å². The molecular weight excluding hydrogens is 454 g/mol. The van der Waals surface area contributed by atoms with E-state index >= 15 is 0 Å². The first-order valence-corrected chi connectivity index (χ1v) is 12.4. The Hall–Kier alpha value is -3.72. The van der Waals surface area contributed by atoms with Crippen LogP contribution in [0.3, 0.4) is 0 Å². The molecular formula is C25H27N3O5S. The van der Waals surface area contributed by atoms with Crippen molar-refractivity contribution in [2.24, 2.45) is 0 Å². The number of sulfonamides is 1. The van der Waals surface area contributed by atoms with E-state index in [2.05, 4.69) is 10.0 Å². The Morgan fingerprint density at radius 3 is 2.26 bits per heavy atom. The number of rotatable bonds is 7. The van der Waals surface area contributed by atoms with E-state index in [1.165, 1.54) is 12.1 Å². The predicted molar refractivity (Wildman–Crippen MR) is 132 cm³/mol. The van der Waals surface area contributed by atoms with E-state index < -0.39 is 16.1 Å². The zero-order chi connectivity index (χ0) is 24.1. The summed E-state index contributed by atoms with van der Waals surface area (Å²) in [5.41, 5.74) is 1.90. The zero-order valence-corrected chi connectivity index (χ0v) is 19.8. The molecule has 2 N–H and O–H groups in total. The number of carbonyl (C=O) groups is 1. The van der Waals surface area contributed by atoms with Crippen molar-refractivity contribution < 1.29 is 22.7 Å². The first-order valence-electron chi connectivity index (χ1n) is 11.0. The number of carbonyl (C=O) groups excluding carboxylic acids is 1. The van der Waals surface area contributed by atoms with Crippen molar-refractivity contribution in [3.8, 4) is 11.5 Å². The second-order valence-corrected chi connectivity index (χ2v) is 9.62. The van der Waals surface area contributed by atoms with Crippen LogP contribution in [0.15, 0.2) is 77.7 Å². The highest BCUT2D eigenvalue weighted by Crippen LogP contribution is 2.32. The van der Waals surface area contributed by atoms with Gasteiger partial charge in [0.2, 0.25) is 5.91 Å². The Morgan fingerprint density at radius 1 is 0.912 bits per heavy atom. The molecule has 0 radical (unpaired) electrons. The maximum Gasteiger partial charge on any atom is 0.262 e. The van der Waals surface area contributed by atoms with E-state index in [1.807, 2.05) is 30.3 Å². The summed E-state index contributed by atoms with van der Waals surface area (Å²) in [7, 11) is -2.09. The molecule has 8 nitrogen and oxygen atoms in total. The third-order valence-electron chi connectivity index (χ3n) is 5.39. The van der Waals surface area contributed by atoms with Crippen molar-refractivity contribution in [1.82, 2.24) is 0 Å². The second kappa shape index (κ2) is 10.0. The van der Waals surface area contributed by atoms with Gasteiger partial charge in [0.15, 0.2) is 11.5 Å². The smallest absolute Gasteiger partial charge is 0.262 e. The molecule has 0 bridgehead atoms. The highest BCUT2D eigenvalue weighted by molar-refractivity contribution is 7.92. The molecule has 0 saturated carbocycles. The highest BCUT2D eigenvalue weighted by atomic mass is 32.2. The molecule has 9 heteroatoms. The molecule has 3 aromatic rings. The molecule has 0 aromatic heterocycles. The topological polar surface area (TPSA) is 97.0 Å². The summed E-state index contributed by atoms with van der Waals surface area (Å²) in [5.74, 6) is 0.859. The monoisotopic (exact) mass is 481 g/mol. The largest absolute Gasteiger partial charge is 0.490 e. The summed E-state index contributed by atoms with van der Waals surface area (Å²) in [5, 5.41) is 3.16. The molecule has 1 aliphatic rings. The van der Waals surface area contributed by atoms with Crippen molar-refractivity contribution in [1.29, 1.82) is 0 Å². The van der Waals surface area contributed by atoms with Gasteiger partial charge in [-0.15, -0.1) is 0 Å². The van der Waals surface area contributed by atoms with Gasteiger partial charge >= 0.3 is 0 Å². The fraction of sp³-hybridized carbons (Fsp3) is 0.240. The van der Waals surface area contributed by atoms with Crippen LogP contribution < -0.4 is 24.4 Å². The first kappa shape index (κ1) is 23.4. The fourth-order valence-electron chi connectivity index (χ4n) is 3.54. The number of hydrogen-bond acceptors (Lipinski definition) is 6. The number of nitrogens with zero attached hydrogens (tertiary/aromatic N) is 1. The van der Waals surface area contributed by atoms with Gasteiger partial charge in [-0.2, -0.15) is 0 Å². The van der Waals surface area contributed by atoms with Crippen molar-refractivity contribution in [2.75, 3.05) is 35.2 Å². The van der Waals surface area contributed by atoms with Crippen molar-refractivity contribution >= 4 is 33.0 Å². The van der Waals surface area contributed by atoms with Crippen LogP contribution in [0.2, 0.25) is 0 Å². The molecule has 1 atom stereocenters. The summed E-state index contributed by atoms with van der Waals surface area (Å²) in [4.78, 5) is 14.4. The Labute approximate surface area is 199 Å². The average molecular weight is 482 g/mol. The van der Waals surface area contributed by atoms with Gasteiger partial charge in [0.05, 0.1) is 18.1 Å². The van der Waals surface area contributed by atoms with E-state index in [4.69, 9.17) is 9.47 Å². The molecule has 34 heavy (non-hydrogen) atoms. The van der Waals surface area contributed by atoms with E-state index in [-0.39, 0.29) is 10.8 Å². The van der Waals surface area contributed by atoms with Crippen LogP contribution in [-0.4, -0.2) is 40.6 Å². The van der Waals surface area contributed by atoms with Gasteiger partial charge in [0, 0.05) is 36.6 Å². The Kier molecular flexibility index (Phi) is 6.93. The molecule has 3 aromatic carbocycles. The summed E-state index contributed by atoms with van der Waals surface area (Å²) >= 11 is 0. The van der Waals surface area contributed by atoms with E-state index in [1.54, 1.807) is 49.2 Å².